The molecule has 2 aromatic rings. The summed E-state index contributed by atoms with van der Waals surface area (Å²) in [5.74, 6) is 0.900. The number of benzene rings is 2. The molecule has 0 saturated carbocycles. The Morgan fingerprint density at radius 1 is 0.966 bits per heavy atom. The number of para-hydroxylation sites is 1. The van der Waals surface area contributed by atoms with Crippen LogP contribution in [0.15, 0.2) is 60.7 Å². The summed E-state index contributed by atoms with van der Waals surface area (Å²) in [5.41, 5.74) is 2.08. The van der Waals surface area contributed by atoms with E-state index < -0.39 is 0 Å². The number of carbonyl (C=O) groups is 1. The third-order valence-corrected chi connectivity index (χ3v) is 4.65. The first kappa shape index (κ1) is 22.7. The first-order chi connectivity index (χ1) is 14.1. The van der Waals surface area contributed by atoms with E-state index in [-0.39, 0.29) is 5.91 Å². The van der Waals surface area contributed by atoms with Crippen LogP contribution in [0.2, 0.25) is 0 Å². The summed E-state index contributed by atoms with van der Waals surface area (Å²) in [6, 6.07) is 18.0. The van der Waals surface area contributed by atoms with Crippen LogP contribution in [0.3, 0.4) is 0 Å². The van der Waals surface area contributed by atoms with Crippen molar-refractivity contribution in [3.05, 3.63) is 71.8 Å². The molecule has 29 heavy (non-hydrogen) atoms. The summed E-state index contributed by atoms with van der Waals surface area (Å²) in [7, 11) is 4.13. The molecular weight excluding hydrogens is 360 g/mol. The number of ether oxygens (including phenoxy) is 1. The van der Waals surface area contributed by atoms with E-state index in [2.05, 4.69) is 32.0 Å². The van der Waals surface area contributed by atoms with Gasteiger partial charge in [-0.1, -0.05) is 61.9 Å². The second kappa shape index (κ2) is 12.8. The quantitative estimate of drug-likeness (QED) is 0.381. The molecule has 2 rings (SSSR count). The molecule has 0 heterocycles. The van der Waals surface area contributed by atoms with Crippen molar-refractivity contribution in [1.29, 1.82) is 0 Å². The first-order valence-electron chi connectivity index (χ1n) is 10.5. The van der Waals surface area contributed by atoms with Gasteiger partial charge in [0.05, 0.1) is 6.61 Å². The van der Waals surface area contributed by atoms with Crippen molar-refractivity contribution >= 4 is 12.0 Å². The molecule has 0 aliphatic rings. The number of unbranched alkanes of at least 4 members (excludes halogenated alkanes) is 1. The van der Waals surface area contributed by atoms with Gasteiger partial charge in [-0.05, 0) is 44.6 Å². The summed E-state index contributed by atoms with van der Waals surface area (Å²) in [6.07, 6.45) is 6.56. The number of amides is 1. The number of rotatable bonds is 12. The van der Waals surface area contributed by atoms with Gasteiger partial charge in [0, 0.05) is 31.3 Å². The lowest BCUT2D eigenvalue weighted by Crippen LogP contribution is -2.30. The standard InChI is InChI=1S/C25H34N2O2/c1-4-5-19-27(25(28)17-16-22-12-7-6-8-13-22)21-23-14-9-10-15-24(23)29-20-11-18-26(2)3/h6-10,12-17H,4-5,11,18-21H2,1-3H3. The molecule has 0 aliphatic carbocycles. The Morgan fingerprint density at radius 3 is 2.41 bits per heavy atom. The van der Waals surface area contributed by atoms with Crippen molar-refractivity contribution in [2.75, 3.05) is 33.8 Å². The minimum Gasteiger partial charge on any atom is -0.493 e. The minimum absolute atomic E-state index is 0.0321. The SMILES string of the molecule is CCCCN(Cc1ccccc1OCCCN(C)C)C(=O)C=Cc1ccccc1. The fourth-order valence-electron chi connectivity index (χ4n) is 3.00. The van der Waals surface area contributed by atoms with Crippen molar-refractivity contribution in [3.8, 4) is 5.75 Å². The fraction of sp³-hybridized carbons (Fsp3) is 0.400. The molecule has 0 saturated heterocycles. The van der Waals surface area contributed by atoms with Gasteiger partial charge in [0.25, 0.3) is 0 Å². The average molecular weight is 395 g/mol. The van der Waals surface area contributed by atoms with Gasteiger partial charge in [-0.2, -0.15) is 0 Å². The Kier molecular flexibility index (Phi) is 10.0. The van der Waals surface area contributed by atoms with Crippen LogP contribution in [-0.2, 0) is 11.3 Å². The molecule has 4 heteroatoms. The predicted molar refractivity (Wildman–Crippen MR) is 121 cm³/mol. The van der Waals surface area contributed by atoms with Crippen molar-refractivity contribution < 1.29 is 9.53 Å². The van der Waals surface area contributed by atoms with Gasteiger partial charge < -0.3 is 14.5 Å². The highest BCUT2D eigenvalue weighted by Crippen LogP contribution is 2.21. The van der Waals surface area contributed by atoms with Crippen molar-refractivity contribution in [2.45, 2.75) is 32.7 Å². The van der Waals surface area contributed by atoms with Crippen LogP contribution < -0.4 is 4.74 Å². The summed E-state index contributed by atoms with van der Waals surface area (Å²) < 4.78 is 6.02. The number of nitrogens with zero attached hydrogens (tertiary/aromatic N) is 2. The molecule has 156 valence electrons. The zero-order valence-electron chi connectivity index (χ0n) is 18.0. The van der Waals surface area contributed by atoms with E-state index in [0.717, 1.165) is 49.2 Å². The van der Waals surface area contributed by atoms with Crippen LogP contribution in [-0.4, -0.2) is 49.5 Å². The molecule has 0 aliphatic heterocycles. The lowest BCUT2D eigenvalue weighted by atomic mass is 10.1. The van der Waals surface area contributed by atoms with Gasteiger partial charge >= 0.3 is 0 Å². The monoisotopic (exact) mass is 394 g/mol. The lowest BCUT2D eigenvalue weighted by Gasteiger charge is -2.23. The highest BCUT2D eigenvalue weighted by atomic mass is 16.5. The Balaban J connectivity index is 2.05. The van der Waals surface area contributed by atoms with E-state index in [4.69, 9.17) is 4.74 Å². The first-order valence-corrected chi connectivity index (χ1v) is 10.5. The predicted octanol–water partition coefficient (Wildman–Crippen LogP) is 4.86. The second-order valence-corrected chi connectivity index (χ2v) is 7.47. The van der Waals surface area contributed by atoms with Crippen molar-refractivity contribution in [2.24, 2.45) is 0 Å². The zero-order chi connectivity index (χ0) is 20.9. The van der Waals surface area contributed by atoms with Gasteiger partial charge in [-0.15, -0.1) is 0 Å². The van der Waals surface area contributed by atoms with Crippen LogP contribution in [0.1, 0.15) is 37.3 Å². The van der Waals surface area contributed by atoms with Gasteiger partial charge in [-0.25, -0.2) is 0 Å². The smallest absolute Gasteiger partial charge is 0.246 e. The third-order valence-electron chi connectivity index (χ3n) is 4.65. The van der Waals surface area contributed by atoms with Crippen LogP contribution in [0.5, 0.6) is 5.75 Å². The molecule has 4 nitrogen and oxygen atoms in total. The average Bonchev–Trinajstić information content (AvgIpc) is 2.74. The Bertz CT molecular complexity index is 756. The van der Waals surface area contributed by atoms with Crippen LogP contribution in [0, 0.1) is 0 Å². The lowest BCUT2D eigenvalue weighted by molar-refractivity contribution is -0.126. The largest absolute Gasteiger partial charge is 0.493 e. The van der Waals surface area contributed by atoms with E-state index in [0.29, 0.717) is 13.2 Å². The van der Waals surface area contributed by atoms with Crippen LogP contribution >= 0.6 is 0 Å². The maximum atomic E-state index is 12.9. The number of hydrogen-bond donors (Lipinski definition) is 0. The molecule has 0 bridgehead atoms. The maximum Gasteiger partial charge on any atom is 0.246 e. The number of hydrogen-bond acceptors (Lipinski definition) is 3. The number of carbonyl (C=O) groups excluding carboxylic acids is 1. The van der Waals surface area contributed by atoms with E-state index >= 15 is 0 Å². The fourth-order valence-corrected chi connectivity index (χ4v) is 3.00. The minimum atomic E-state index is 0.0321. The topological polar surface area (TPSA) is 32.8 Å². The van der Waals surface area contributed by atoms with E-state index in [9.17, 15) is 4.79 Å². The molecule has 0 unspecified atom stereocenters. The summed E-state index contributed by atoms with van der Waals surface area (Å²) in [5, 5.41) is 0. The van der Waals surface area contributed by atoms with E-state index in [1.807, 2.05) is 59.5 Å². The normalized spacial score (nSPS) is 11.2. The highest BCUT2D eigenvalue weighted by Gasteiger charge is 2.14. The van der Waals surface area contributed by atoms with Crippen LogP contribution in [0.25, 0.3) is 6.08 Å². The van der Waals surface area contributed by atoms with E-state index in [1.54, 1.807) is 6.08 Å². The zero-order valence-corrected chi connectivity index (χ0v) is 18.0. The molecule has 0 N–H and O–H groups in total. The summed E-state index contributed by atoms with van der Waals surface area (Å²) >= 11 is 0. The van der Waals surface area contributed by atoms with Gasteiger partial charge in [0.2, 0.25) is 5.91 Å². The van der Waals surface area contributed by atoms with Crippen molar-refractivity contribution in [3.63, 3.8) is 0 Å². The Hall–Kier alpha value is -2.59. The molecule has 0 atom stereocenters. The Labute approximate surface area is 175 Å². The molecule has 2 aromatic carbocycles. The third kappa shape index (κ3) is 8.53. The molecule has 0 fully saturated rings. The van der Waals surface area contributed by atoms with E-state index in [1.165, 1.54) is 0 Å². The van der Waals surface area contributed by atoms with Crippen molar-refractivity contribution in [1.82, 2.24) is 9.80 Å². The van der Waals surface area contributed by atoms with Gasteiger partial charge in [-0.3, -0.25) is 4.79 Å². The molecule has 0 aromatic heterocycles. The summed E-state index contributed by atoms with van der Waals surface area (Å²) in [4.78, 5) is 16.9. The molecule has 0 radical (unpaired) electrons. The molecular formula is C25H34N2O2. The summed E-state index contributed by atoms with van der Waals surface area (Å²) in [6.45, 7) is 5.11. The maximum absolute atomic E-state index is 12.9. The Morgan fingerprint density at radius 2 is 1.69 bits per heavy atom. The molecule has 0 spiro atoms. The van der Waals surface area contributed by atoms with Gasteiger partial charge in [0.15, 0.2) is 0 Å². The second-order valence-electron chi connectivity index (χ2n) is 7.47. The van der Waals surface area contributed by atoms with Crippen LogP contribution in [0.4, 0.5) is 0 Å². The molecule has 1 amide bonds. The highest BCUT2D eigenvalue weighted by molar-refractivity contribution is 5.91. The van der Waals surface area contributed by atoms with Gasteiger partial charge in [0.1, 0.15) is 5.75 Å².